The van der Waals surface area contributed by atoms with Gasteiger partial charge in [-0.3, -0.25) is 37.3 Å². The zero-order valence-electron chi connectivity index (χ0n) is 66.2. The number of aliphatic hydroxyl groups is 1. The van der Waals surface area contributed by atoms with Gasteiger partial charge >= 0.3 is 39.5 Å². The first-order valence-electron chi connectivity index (χ1n) is 42.5. The second-order valence-corrected chi connectivity index (χ2v) is 33.1. The van der Waals surface area contributed by atoms with Gasteiger partial charge in [-0.15, -0.1) is 0 Å². The van der Waals surface area contributed by atoms with E-state index in [2.05, 4.69) is 41.5 Å². The lowest BCUT2D eigenvalue weighted by molar-refractivity contribution is -0.161. The summed E-state index contributed by atoms with van der Waals surface area (Å²) in [5.41, 5.74) is 0. The van der Waals surface area contributed by atoms with Crippen molar-refractivity contribution in [2.45, 2.75) is 452 Å². The van der Waals surface area contributed by atoms with E-state index in [1.807, 2.05) is 0 Å². The molecule has 19 heteroatoms. The summed E-state index contributed by atoms with van der Waals surface area (Å²) in [5.74, 6) is -0.473. The SMILES string of the molecule is CCCCCCCCCCCCCCCCCCCC(=O)OC[C@H](COP(=O)(O)OC[C@@H](O)COP(=O)(O)OC[C@@H](COC(=O)CCCCCCCCCC)OC(=O)CCCCCCCCCCCCCC(C)C)OC(=O)CCCCCCCCCCCCCCCCCCCCC(C)CC. The van der Waals surface area contributed by atoms with Crippen LogP contribution in [0, 0.1) is 11.8 Å². The van der Waals surface area contributed by atoms with Gasteiger partial charge < -0.3 is 33.8 Å². The molecule has 17 nitrogen and oxygen atoms in total. The number of carbonyl (C=O) groups excluding carboxylic acids is 4. The van der Waals surface area contributed by atoms with Crippen molar-refractivity contribution < 1.29 is 80.2 Å². The fraction of sp³-hybridized carbons (Fsp3) is 0.951. The third-order valence-electron chi connectivity index (χ3n) is 19.6. The Morgan fingerprint density at radius 1 is 0.287 bits per heavy atom. The summed E-state index contributed by atoms with van der Waals surface area (Å²) in [7, 11) is -9.92. The summed E-state index contributed by atoms with van der Waals surface area (Å²) < 4.78 is 68.7. The van der Waals surface area contributed by atoms with Crippen molar-refractivity contribution in [1.29, 1.82) is 0 Å². The highest BCUT2D eigenvalue weighted by Crippen LogP contribution is 2.45. The average molecular weight is 1480 g/mol. The smallest absolute Gasteiger partial charge is 0.462 e. The van der Waals surface area contributed by atoms with Crippen LogP contribution in [0.1, 0.15) is 433 Å². The molecule has 0 aromatic heterocycles. The van der Waals surface area contributed by atoms with Crippen molar-refractivity contribution in [3.63, 3.8) is 0 Å². The van der Waals surface area contributed by atoms with Crippen LogP contribution in [0.15, 0.2) is 0 Å². The van der Waals surface area contributed by atoms with Crippen LogP contribution in [0.4, 0.5) is 0 Å². The quantitative estimate of drug-likeness (QED) is 0.0222. The molecule has 0 spiro atoms. The molecule has 3 unspecified atom stereocenters. The lowest BCUT2D eigenvalue weighted by atomic mass is 9.99. The number of ether oxygens (including phenoxy) is 4. The Morgan fingerprint density at radius 3 is 0.752 bits per heavy atom. The molecular weight excluding hydrogens is 1320 g/mol. The molecule has 0 rings (SSSR count). The summed E-state index contributed by atoms with van der Waals surface area (Å²) in [6.07, 6.45) is 63.9. The molecule has 600 valence electrons. The van der Waals surface area contributed by atoms with E-state index in [9.17, 15) is 43.2 Å². The van der Waals surface area contributed by atoms with Gasteiger partial charge in [0.15, 0.2) is 12.2 Å². The van der Waals surface area contributed by atoms with Crippen LogP contribution in [0.3, 0.4) is 0 Å². The molecule has 0 saturated carbocycles. The first-order valence-corrected chi connectivity index (χ1v) is 45.5. The first-order chi connectivity index (χ1) is 48.9. The van der Waals surface area contributed by atoms with E-state index in [-0.39, 0.29) is 25.7 Å². The maximum Gasteiger partial charge on any atom is 0.472 e. The van der Waals surface area contributed by atoms with E-state index in [4.69, 9.17) is 37.0 Å². The Bertz CT molecular complexity index is 1940. The van der Waals surface area contributed by atoms with Crippen molar-refractivity contribution >= 4 is 39.5 Å². The molecule has 101 heavy (non-hydrogen) atoms. The van der Waals surface area contributed by atoms with Crippen LogP contribution >= 0.6 is 15.6 Å². The van der Waals surface area contributed by atoms with E-state index < -0.39 is 97.5 Å². The van der Waals surface area contributed by atoms with Crippen LogP contribution in [0.25, 0.3) is 0 Å². The molecule has 0 saturated heterocycles. The van der Waals surface area contributed by atoms with Gasteiger partial charge in [-0.05, 0) is 37.5 Å². The minimum atomic E-state index is -4.96. The fourth-order valence-corrected chi connectivity index (χ4v) is 14.3. The molecular formula is C82H160O17P2. The number of hydrogen-bond donors (Lipinski definition) is 3. The molecule has 0 aliphatic heterocycles. The molecule has 0 fully saturated rings. The number of phosphoric ester groups is 2. The van der Waals surface area contributed by atoms with E-state index >= 15 is 0 Å². The van der Waals surface area contributed by atoms with Crippen LogP contribution < -0.4 is 0 Å². The van der Waals surface area contributed by atoms with Crippen LogP contribution in [-0.4, -0.2) is 96.7 Å². The van der Waals surface area contributed by atoms with E-state index in [1.165, 1.54) is 244 Å². The predicted octanol–water partition coefficient (Wildman–Crippen LogP) is 24.7. The van der Waals surface area contributed by atoms with Crippen LogP contribution in [0.2, 0.25) is 0 Å². The van der Waals surface area contributed by atoms with E-state index in [0.29, 0.717) is 25.7 Å². The van der Waals surface area contributed by atoms with Crippen molar-refractivity contribution in [2.24, 2.45) is 11.8 Å². The highest BCUT2D eigenvalue weighted by Gasteiger charge is 2.30. The molecule has 0 aromatic rings. The van der Waals surface area contributed by atoms with E-state index in [1.54, 1.807) is 0 Å². The van der Waals surface area contributed by atoms with Crippen molar-refractivity contribution in [2.75, 3.05) is 39.6 Å². The lowest BCUT2D eigenvalue weighted by Gasteiger charge is -2.21. The molecule has 0 bridgehead atoms. The normalized spacial score (nSPS) is 14.2. The number of phosphoric acid groups is 2. The van der Waals surface area contributed by atoms with Crippen LogP contribution in [-0.2, 0) is 65.4 Å². The third-order valence-corrected chi connectivity index (χ3v) is 21.5. The second kappa shape index (κ2) is 73.6. The Kier molecular flexibility index (Phi) is 72.2. The van der Waals surface area contributed by atoms with Crippen molar-refractivity contribution in [3.8, 4) is 0 Å². The lowest BCUT2D eigenvalue weighted by Crippen LogP contribution is -2.30. The van der Waals surface area contributed by atoms with Gasteiger partial charge in [0.1, 0.15) is 19.3 Å². The Morgan fingerprint density at radius 2 is 0.505 bits per heavy atom. The number of esters is 4. The zero-order valence-corrected chi connectivity index (χ0v) is 68.0. The molecule has 0 radical (unpaired) electrons. The van der Waals surface area contributed by atoms with Gasteiger partial charge in [0, 0.05) is 25.7 Å². The van der Waals surface area contributed by atoms with Crippen LogP contribution in [0.5, 0.6) is 0 Å². The maximum absolute atomic E-state index is 13.1. The molecule has 6 atom stereocenters. The summed E-state index contributed by atoms with van der Waals surface area (Å²) in [6, 6.07) is 0. The summed E-state index contributed by atoms with van der Waals surface area (Å²) in [4.78, 5) is 72.9. The predicted molar refractivity (Wildman–Crippen MR) is 414 cm³/mol. The van der Waals surface area contributed by atoms with Gasteiger partial charge in [-0.2, -0.15) is 0 Å². The molecule has 0 aromatic carbocycles. The number of unbranched alkanes of at least 4 members (excludes halogenated alkanes) is 50. The van der Waals surface area contributed by atoms with Crippen molar-refractivity contribution in [3.05, 3.63) is 0 Å². The minimum Gasteiger partial charge on any atom is -0.462 e. The Hall–Kier alpha value is -1.94. The highest BCUT2D eigenvalue weighted by atomic mass is 31.2. The number of carbonyl (C=O) groups is 4. The van der Waals surface area contributed by atoms with Gasteiger partial charge in [-0.25, -0.2) is 9.13 Å². The fourth-order valence-electron chi connectivity index (χ4n) is 12.7. The first kappa shape index (κ1) is 99.1. The monoisotopic (exact) mass is 1480 g/mol. The second-order valence-electron chi connectivity index (χ2n) is 30.2. The summed E-state index contributed by atoms with van der Waals surface area (Å²) >= 11 is 0. The molecule has 0 aliphatic carbocycles. The molecule has 0 amide bonds. The van der Waals surface area contributed by atoms with Gasteiger partial charge in [0.2, 0.25) is 0 Å². The number of hydrogen-bond acceptors (Lipinski definition) is 15. The van der Waals surface area contributed by atoms with Crippen molar-refractivity contribution in [1.82, 2.24) is 0 Å². The largest absolute Gasteiger partial charge is 0.472 e. The summed E-state index contributed by atoms with van der Waals surface area (Å²) in [5, 5.41) is 10.6. The number of aliphatic hydroxyl groups excluding tert-OH is 1. The molecule has 3 N–H and O–H groups in total. The number of rotatable bonds is 81. The molecule has 0 heterocycles. The topological polar surface area (TPSA) is 237 Å². The zero-order chi connectivity index (χ0) is 74.2. The highest BCUT2D eigenvalue weighted by molar-refractivity contribution is 7.47. The van der Waals surface area contributed by atoms with Gasteiger partial charge in [-0.1, -0.05) is 382 Å². The molecule has 0 aliphatic rings. The average Bonchev–Trinajstić information content (AvgIpc) is 1.00. The van der Waals surface area contributed by atoms with E-state index in [0.717, 1.165) is 108 Å². The third kappa shape index (κ3) is 74.7. The Balaban J connectivity index is 5.19. The summed E-state index contributed by atoms with van der Waals surface area (Å²) in [6.45, 7) is 9.68. The minimum absolute atomic E-state index is 0.107. The maximum atomic E-state index is 13.1. The van der Waals surface area contributed by atoms with Gasteiger partial charge in [0.05, 0.1) is 26.4 Å². The standard InChI is InChI=1S/C82H160O17P2/c1-7-10-12-14-16-18-19-20-21-24-28-31-36-41-47-53-59-65-80(85)93-71-78(99-81(86)66-60-54-48-42-37-32-29-26-23-22-25-27-30-35-40-45-51-57-63-75(6)9-3)73-97-101(90,91)95-69-76(83)68-94-100(88,89)96-72-77(70-92-79(84)64-58-52-46-17-15-13-11-8-2)98-82(87)67-61-55-49-43-38-33-34-39-44-50-56-62-74(4)5/h74-78,83H,7-73H2,1-6H3,(H,88,89)(H,90,91)/t75?,76-,77+,78+/m0/s1. The Labute approximate surface area is 619 Å². The van der Waals surface area contributed by atoms with Gasteiger partial charge in [0.25, 0.3) is 0 Å².